The third kappa shape index (κ3) is 4.75. The quantitative estimate of drug-likeness (QED) is 0.279. The van der Waals surface area contributed by atoms with E-state index in [9.17, 15) is 23.3 Å². The predicted molar refractivity (Wildman–Crippen MR) is 111 cm³/mol. The second-order valence-corrected chi connectivity index (χ2v) is 9.60. The summed E-state index contributed by atoms with van der Waals surface area (Å²) < 4.78 is 32.5. The molecule has 1 fully saturated rings. The molecule has 0 amide bonds. The zero-order chi connectivity index (χ0) is 22.1. The van der Waals surface area contributed by atoms with E-state index in [-0.39, 0.29) is 47.3 Å². The first kappa shape index (κ1) is 22.5. The second kappa shape index (κ2) is 8.89. The van der Waals surface area contributed by atoms with E-state index in [1.54, 1.807) is 6.92 Å². The molecule has 0 unspecified atom stereocenters. The Kier molecular flexibility index (Phi) is 6.66. The molecule has 1 aliphatic rings. The average Bonchev–Trinajstić information content (AvgIpc) is 2.70. The largest absolute Gasteiger partial charge is 0.426 e. The fourth-order valence-corrected chi connectivity index (χ4v) is 5.19. The second-order valence-electron chi connectivity index (χ2n) is 6.88. The van der Waals surface area contributed by atoms with Crippen molar-refractivity contribution in [3.63, 3.8) is 0 Å². The van der Waals surface area contributed by atoms with Gasteiger partial charge in [0.15, 0.2) is 0 Å². The third-order valence-corrected chi connectivity index (χ3v) is 7.68. The van der Waals surface area contributed by atoms with E-state index in [0.717, 1.165) is 6.07 Å². The van der Waals surface area contributed by atoms with Crippen LogP contribution in [-0.2, 0) is 14.8 Å². The monoisotopic (exact) mass is 472 g/mol. The fraction of sp³-hybridized carbons (Fsp3) is 0.316. The lowest BCUT2D eigenvalue weighted by Gasteiger charge is -2.30. The molecule has 2 aromatic rings. The van der Waals surface area contributed by atoms with Gasteiger partial charge in [0, 0.05) is 31.3 Å². The van der Waals surface area contributed by atoms with Gasteiger partial charge in [-0.25, -0.2) is 8.42 Å². The van der Waals surface area contributed by atoms with Crippen molar-refractivity contribution in [1.29, 1.82) is 0 Å². The number of non-ortho nitro benzene ring substituents is 1. The van der Waals surface area contributed by atoms with Gasteiger partial charge in [0.25, 0.3) is 5.69 Å². The molecular formula is C19H18Cl2N2O6S. The predicted octanol–water partition coefficient (Wildman–Crippen LogP) is 4.22. The van der Waals surface area contributed by atoms with Gasteiger partial charge < -0.3 is 4.74 Å². The van der Waals surface area contributed by atoms with Crippen LogP contribution in [0.3, 0.4) is 0 Å². The molecule has 0 atom stereocenters. The number of esters is 1. The maximum Gasteiger partial charge on any atom is 0.314 e. The van der Waals surface area contributed by atoms with Crippen molar-refractivity contribution in [2.24, 2.45) is 5.92 Å². The van der Waals surface area contributed by atoms with Gasteiger partial charge >= 0.3 is 5.97 Å². The Labute approximate surface area is 183 Å². The number of halogens is 2. The number of rotatable bonds is 5. The number of benzene rings is 2. The van der Waals surface area contributed by atoms with Gasteiger partial charge in [-0.15, -0.1) is 0 Å². The van der Waals surface area contributed by atoms with Crippen LogP contribution in [0.1, 0.15) is 18.4 Å². The molecule has 1 aliphatic heterocycles. The Morgan fingerprint density at radius 3 is 2.40 bits per heavy atom. The van der Waals surface area contributed by atoms with Crippen LogP contribution >= 0.6 is 23.2 Å². The Balaban J connectivity index is 1.68. The number of nitro groups is 1. The smallest absolute Gasteiger partial charge is 0.314 e. The van der Waals surface area contributed by atoms with Crippen LogP contribution in [-0.4, -0.2) is 36.7 Å². The summed E-state index contributed by atoms with van der Waals surface area (Å²) in [6.45, 7) is 1.79. The van der Waals surface area contributed by atoms with Crippen LogP contribution in [0.5, 0.6) is 5.75 Å². The first-order chi connectivity index (χ1) is 14.1. The number of nitrogens with zero attached hydrogens (tertiary/aromatic N) is 2. The molecule has 0 aromatic heterocycles. The molecule has 3 rings (SSSR count). The van der Waals surface area contributed by atoms with Gasteiger partial charge in [-0.05, 0) is 37.5 Å². The topological polar surface area (TPSA) is 107 Å². The minimum absolute atomic E-state index is 0.103. The van der Waals surface area contributed by atoms with E-state index in [4.69, 9.17) is 27.9 Å². The Morgan fingerprint density at radius 2 is 1.80 bits per heavy atom. The summed E-state index contributed by atoms with van der Waals surface area (Å²) in [7, 11) is -3.92. The number of carbonyl (C=O) groups excluding carboxylic acids is 1. The summed E-state index contributed by atoms with van der Waals surface area (Å²) in [4.78, 5) is 22.7. The molecule has 8 nitrogen and oxygen atoms in total. The lowest BCUT2D eigenvalue weighted by atomic mass is 9.98. The molecule has 160 valence electrons. The molecule has 30 heavy (non-hydrogen) atoms. The molecule has 0 spiro atoms. The molecule has 11 heteroatoms. The van der Waals surface area contributed by atoms with Gasteiger partial charge in [-0.3, -0.25) is 14.9 Å². The fourth-order valence-electron chi connectivity index (χ4n) is 3.19. The average molecular weight is 473 g/mol. The number of hydrogen-bond acceptors (Lipinski definition) is 6. The van der Waals surface area contributed by atoms with E-state index in [1.165, 1.54) is 34.6 Å². The van der Waals surface area contributed by atoms with Gasteiger partial charge in [-0.1, -0.05) is 29.3 Å². The number of hydrogen-bond donors (Lipinski definition) is 0. The Bertz CT molecular complexity index is 1100. The van der Waals surface area contributed by atoms with Crippen LogP contribution in [0.25, 0.3) is 0 Å². The summed E-state index contributed by atoms with van der Waals surface area (Å²) in [5.41, 5.74) is 0.126. The van der Waals surface area contributed by atoms with Crippen LogP contribution in [0.15, 0.2) is 41.3 Å². The van der Waals surface area contributed by atoms with E-state index in [2.05, 4.69) is 0 Å². The summed E-state index contributed by atoms with van der Waals surface area (Å²) in [5, 5.41) is 11.6. The van der Waals surface area contributed by atoms with Crippen LogP contribution in [0.4, 0.5) is 5.69 Å². The maximum atomic E-state index is 13.0. The van der Waals surface area contributed by atoms with Gasteiger partial charge in [0.05, 0.1) is 25.8 Å². The number of carbonyl (C=O) groups is 1. The molecule has 0 N–H and O–H groups in total. The van der Waals surface area contributed by atoms with Gasteiger partial charge in [0.2, 0.25) is 10.0 Å². The highest BCUT2D eigenvalue weighted by Crippen LogP contribution is 2.30. The number of sulfonamides is 1. The summed E-state index contributed by atoms with van der Waals surface area (Å²) >= 11 is 11.8. The van der Waals surface area contributed by atoms with Gasteiger partial charge in [-0.2, -0.15) is 4.31 Å². The highest BCUT2D eigenvalue weighted by Gasteiger charge is 2.34. The van der Waals surface area contributed by atoms with Crippen molar-refractivity contribution in [3.05, 3.63) is 62.1 Å². The molecule has 0 bridgehead atoms. The van der Waals surface area contributed by atoms with Crippen molar-refractivity contribution >= 4 is 44.9 Å². The van der Waals surface area contributed by atoms with Crippen LogP contribution in [0, 0.1) is 23.0 Å². The SMILES string of the molecule is Cc1ccc([N+](=O)[O-])cc1S(=O)(=O)N1CCC(C(=O)Oc2ccc(Cl)c(Cl)c2)CC1. The first-order valence-corrected chi connectivity index (χ1v) is 11.2. The molecule has 1 heterocycles. The number of ether oxygens (including phenoxy) is 1. The maximum absolute atomic E-state index is 13.0. The van der Waals surface area contributed by atoms with Crippen LogP contribution < -0.4 is 4.74 Å². The Hall–Kier alpha value is -2.20. The van der Waals surface area contributed by atoms with Gasteiger partial charge in [0.1, 0.15) is 5.75 Å². The molecule has 0 aliphatic carbocycles. The normalized spacial score (nSPS) is 15.7. The zero-order valence-corrected chi connectivity index (χ0v) is 18.2. The lowest BCUT2D eigenvalue weighted by molar-refractivity contribution is -0.385. The number of nitro benzene ring substituents is 1. The highest BCUT2D eigenvalue weighted by molar-refractivity contribution is 7.89. The van der Waals surface area contributed by atoms with Crippen molar-refractivity contribution in [1.82, 2.24) is 4.31 Å². The molecule has 1 saturated heterocycles. The molecular weight excluding hydrogens is 455 g/mol. The summed E-state index contributed by atoms with van der Waals surface area (Å²) in [5.74, 6) is -0.689. The van der Waals surface area contributed by atoms with Crippen molar-refractivity contribution in [3.8, 4) is 5.75 Å². The van der Waals surface area contributed by atoms with E-state index < -0.39 is 26.8 Å². The zero-order valence-electron chi connectivity index (χ0n) is 15.9. The summed E-state index contributed by atoms with van der Waals surface area (Å²) in [6.07, 6.45) is 0.542. The van der Waals surface area contributed by atoms with E-state index in [0.29, 0.717) is 10.6 Å². The standard InChI is InChI=1S/C19H18Cl2N2O6S/c1-12-2-3-14(23(25)26)10-18(12)30(27,28)22-8-6-13(7-9-22)19(24)29-15-4-5-16(20)17(21)11-15/h2-5,10-11,13H,6-9H2,1H3. The molecule has 2 aromatic carbocycles. The first-order valence-electron chi connectivity index (χ1n) is 9.01. The lowest BCUT2D eigenvalue weighted by Crippen LogP contribution is -2.41. The third-order valence-electron chi connectivity index (χ3n) is 4.90. The van der Waals surface area contributed by atoms with Crippen molar-refractivity contribution < 1.29 is 22.9 Å². The number of aryl methyl sites for hydroxylation is 1. The summed E-state index contributed by atoms with van der Waals surface area (Å²) in [6, 6.07) is 8.22. The Morgan fingerprint density at radius 1 is 1.13 bits per heavy atom. The highest BCUT2D eigenvalue weighted by atomic mass is 35.5. The number of piperidine rings is 1. The van der Waals surface area contributed by atoms with Crippen molar-refractivity contribution in [2.75, 3.05) is 13.1 Å². The van der Waals surface area contributed by atoms with Crippen molar-refractivity contribution in [2.45, 2.75) is 24.7 Å². The van der Waals surface area contributed by atoms with E-state index in [1.807, 2.05) is 0 Å². The minimum atomic E-state index is -3.92. The van der Waals surface area contributed by atoms with Crippen LogP contribution in [0.2, 0.25) is 10.0 Å². The minimum Gasteiger partial charge on any atom is -0.426 e. The molecule has 0 saturated carbocycles. The van der Waals surface area contributed by atoms with E-state index >= 15 is 0 Å². The molecule has 0 radical (unpaired) electrons.